The van der Waals surface area contributed by atoms with Crippen LogP contribution in [0.2, 0.25) is 0 Å². The predicted octanol–water partition coefficient (Wildman–Crippen LogP) is 3.52. The number of hydrogen-bond donors (Lipinski definition) is 2. The lowest BCUT2D eigenvalue weighted by Crippen LogP contribution is -2.13. The Morgan fingerprint density at radius 3 is 2.89 bits per heavy atom. The molecule has 1 fully saturated rings. The highest BCUT2D eigenvalue weighted by Gasteiger charge is 2.21. The number of nitrogens with two attached hydrogens (primary N) is 1. The third-order valence-electron chi connectivity index (χ3n) is 3.75. The zero-order valence-corrected chi connectivity index (χ0v) is 11.4. The minimum absolute atomic E-state index is 0.647. The third-order valence-corrected chi connectivity index (χ3v) is 3.75. The first-order chi connectivity index (χ1) is 8.70. The van der Waals surface area contributed by atoms with Crippen molar-refractivity contribution < 1.29 is 4.74 Å². The Morgan fingerprint density at radius 1 is 1.39 bits per heavy atom. The van der Waals surface area contributed by atoms with Crippen LogP contribution in [0.4, 0.5) is 11.4 Å². The molecule has 0 radical (unpaired) electrons. The largest absolute Gasteiger partial charge is 0.492 e. The number of anilines is 2. The second-order valence-electron chi connectivity index (χ2n) is 5.32. The molecule has 0 amide bonds. The van der Waals surface area contributed by atoms with E-state index in [-0.39, 0.29) is 0 Å². The summed E-state index contributed by atoms with van der Waals surface area (Å²) in [4.78, 5) is 0. The Morgan fingerprint density at radius 2 is 2.22 bits per heavy atom. The van der Waals surface area contributed by atoms with Crippen LogP contribution in [0.15, 0.2) is 18.2 Å². The highest BCUT2D eigenvalue weighted by atomic mass is 16.5. The number of rotatable bonds is 5. The summed E-state index contributed by atoms with van der Waals surface area (Å²) in [7, 11) is 0. The molecule has 100 valence electrons. The maximum absolute atomic E-state index is 6.09. The lowest BCUT2D eigenvalue weighted by atomic mass is 10.1. The van der Waals surface area contributed by atoms with E-state index in [4.69, 9.17) is 10.5 Å². The molecule has 3 nitrogen and oxygen atoms in total. The average molecular weight is 248 g/mol. The Hall–Kier alpha value is -1.38. The molecule has 0 aliphatic heterocycles. The monoisotopic (exact) mass is 248 g/mol. The van der Waals surface area contributed by atoms with Crippen molar-refractivity contribution in [3.63, 3.8) is 0 Å². The summed E-state index contributed by atoms with van der Waals surface area (Å²) in [5.41, 5.74) is 7.82. The molecule has 2 atom stereocenters. The molecule has 3 heteroatoms. The van der Waals surface area contributed by atoms with E-state index in [1.54, 1.807) is 0 Å². The first-order valence-corrected chi connectivity index (χ1v) is 6.95. The Balaban J connectivity index is 1.94. The van der Waals surface area contributed by atoms with Crippen LogP contribution >= 0.6 is 0 Å². The molecular formula is C15H24N2O. The van der Waals surface area contributed by atoms with Gasteiger partial charge in [-0.1, -0.05) is 19.4 Å². The van der Waals surface area contributed by atoms with E-state index >= 15 is 0 Å². The van der Waals surface area contributed by atoms with Crippen LogP contribution in [0.1, 0.15) is 33.1 Å². The lowest BCUT2D eigenvalue weighted by Gasteiger charge is -2.16. The number of ether oxygens (including phenoxy) is 1. The fraction of sp³-hybridized carbons (Fsp3) is 0.600. The van der Waals surface area contributed by atoms with Gasteiger partial charge in [0.2, 0.25) is 0 Å². The molecule has 1 aromatic rings. The molecule has 1 saturated carbocycles. The van der Waals surface area contributed by atoms with Gasteiger partial charge in [-0.2, -0.15) is 0 Å². The predicted molar refractivity (Wildman–Crippen MR) is 77.0 cm³/mol. The Kier molecular flexibility index (Phi) is 4.34. The van der Waals surface area contributed by atoms with Crippen LogP contribution in [0.3, 0.4) is 0 Å². The molecule has 0 heterocycles. The molecule has 0 spiro atoms. The highest BCUT2D eigenvalue weighted by Crippen LogP contribution is 2.33. The van der Waals surface area contributed by atoms with Gasteiger partial charge in [0.1, 0.15) is 5.75 Å². The molecule has 1 aliphatic rings. The maximum atomic E-state index is 6.09. The van der Waals surface area contributed by atoms with Gasteiger partial charge in [-0.25, -0.2) is 0 Å². The van der Waals surface area contributed by atoms with Gasteiger partial charge in [0.25, 0.3) is 0 Å². The van der Waals surface area contributed by atoms with E-state index in [2.05, 4.69) is 12.2 Å². The highest BCUT2D eigenvalue weighted by molar-refractivity contribution is 5.72. The molecule has 2 rings (SSSR count). The first kappa shape index (κ1) is 13.1. The van der Waals surface area contributed by atoms with E-state index < -0.39 is 0 Å². The molecule has 0 saturated heterocycles. The summed E-state index contributed by atoms with van der Waals surface area (Å²) >= 11 is 0. The SMILES string of the molecule is CCOc1cccc(NCC2CCC(C)C2)c1N. The minimum atomic E-state index is 0.647. The lowest BCUT2D eigenvalue weighted by molar-refractivity contribution is 0.342. The molecule has 3 N–H and O–H groups in total. The van der Waals surface area contributed by atoms with Crippen molar-refractivity contribution in [2.24, 2.45) is 11.8 Å². The molecule has 2 unspecified atom stereocenters. The van der Waals surface area contributed by atoms with E-state index in [1.165, 1.54) is 19.3 Å². The minimum Gasteiger partial charge on any atom is -0.492 e. The van der Waals surface area contributed by atoms with E-state index in [0.717, 1.165) is 35.5 Å². The van der Waals surface area contributed by atoms with Crippen LogP contribution in [0.5, 0.6) is 5.75 Å². The van der Waals surface area contributed by atoms with E-state index in [1.807, 2.05) is 25.1 Å². The van der Waals surface area contributed by atoms with Crippen molar-refractivity contribution in [1.82, 2.24) is 0 Å². The molecule has 18 heavy (non-hydrogen) atoms. The van der Waals surface area contributed by atoms with Crippen molar-refractivity contribution in [2.75, 3.05) is 24.2 Å². The fourth-order valence-corrected chi connectivity index (χ4v) is 2.74. The van der Waals surface area contributed by atoms with Crippen LogP contribution in [0, 0.1) is 11.8 Å². The zero-order chi connectivity index (χ0) is 13.0. The number of benzene rings is 1. The number of para-hydroxylation sites is 1. The summed E-state index contributed by atoms with van der Waals surface area (Å²) in [5, 5.41) is 3.47. The standard InChI is InChI=1S/C15H24N2O/c1-3-18-14-6-4-5-13(15(14)16)17-10-12-8-7-11(2)9-12/h4-6,11-12,17H,3,7-10,16H2,1-2H3. The number of nitrogens with one attached hydrogen (secondary N) is 1. The molecule has 0 bridgehead atoms. The molecular weight excluding hydrogens is 224 g/mol. The van der Waals surface area contributed by atoms with Crippen LogP contribution in [0.25, 0.3) is 0 Å². The summed E-state index contributed by atoms with van der Waals surface area (Å²) in [6.45, 7) is 5.97. The van der Waals surface area contributed by atoms with Crippen molar-refractivity contribution in [2.45, 2.75) is 33.1 Å². The Labute approximate surface area is 110 Å². The van der Waals surface area contributed by atoms with Gasteiger partial charge in [0.05, 0.1) is 18.0 Å². The average Bonchev–Trinajstić information content (AvgIpc) is 2.77. The Bertz CT molecular complexity index is 392. The maximum Gasteiger partial charge on any atom is 0.144 e. The van der Waals surface area contributed by atoms with Gasteiger partial charge in [-0.3, -0.25) is 0 Å². The smallest absolute Gasteiger partial charge is 0.144 e. The van der Waals surface area contributed by atoms with Crippen molar-refractivity contribution in [3.05, 3.63) is 18.2 Å². The first-order valence-electron chi connectivity index (χ1n) is 6.95. The van der Waals surface area contributed by atoms with Crippen molar-refractivity contribution >= 4 is 11.4 Å². The molecule has 1 aromatic carbocycles. The third kappa shape index (κ3) is 3.09. The number of hydrogen-bond acceptors (Lipinski definition) is 3. The zero-order valence-electron chi connectivity index (χ0n) is 11.4. The summed E-state index contributed by atoms with van der Waals surface area (Å²) < 4.78 is 5.50. The summed E-state index contributed by atoms with van der Waals surface area (Å²) in [6, 6.07) is 5.93. The van der Waals surface area contributed by atoms with Gasteiger partial charge < -0.3 is 15.8 Å². The van der Waals surface area contributed by atoms with E-state index in [9.17, 15) is 0 Å². The van der Waals surface area contributed by atoms with Gasteiger partial charge in [0.15, 0.2) is 0 Å². The second-order valence-corrected chi connectivity index (χ2v) is 5.32. The van der Waals surface area contributed by atoms with Gasteiger partial charge >= 0.3 is 0 Å². The normalized spacial score (nSPS) is 23.0. The molecule has 1 aliphatic carbocycles. The van der Waals surface area contributed by atoms with Crippen LogP contribution in [-0.2, 0) is 0 Å². The summed E-state index contributed by atoms with van der Waals surface area (Å²) in [6.07, 6.45) is 4.03. The van der Waals surface area contributed by atoms with Crippen LogP contribution in [-0.4, -0.2) is 13.2 Å². The van der Waals surface area contributed by atoms with Crippen LogP contribution < -0.4 is 15.8 Å². The van der Waals surface area contributed by atoms with Gasteiger partial charge in [-0.05, 0) is 43.7 Å². The van der Waals surface area contributed by atoms with Gasteiger partial charge in [0, 0.05) is 6.54 Å². The van der Waals surface area contributed by atoms with E-state index in [0.29, 0.717) is 6.61 Å². The van der Waals surface area contributed by atoms with Crippen molar-refractivity contribution in [1.29, 1.82) is 0 Å². The second kappa shape index (κ2) is 5.98. The topological polar surface area (TPSA) is 47.3 Å². The quantitative estimate of drug-likeness (QED) is 0.784. The van der Waals surface area contributed by atoms with Gasteiger partial charge in [-0.15, -0.1) is 0 Å². The number of nitrogen functional groups attached to an aromatic ring is 1. The van der Waals surface area contributed by atoms with Crippen molar-refractivity contribution in [3.8, 4) is 5.75 Å². The summed E-state index contributed by atoms with van der Waals surface area (Å²) in [5.74, 6) is 2.45. The molecule has 0 aromatic heterocycles. The fourth-order valence-electron chi connectivity index (χ4n) is 2.74.